The number of carbonyl (C=O) groups excluding carboxylic acids is 2. The van der Waals surface area contributed by atoms with Crippen LogP contribution in [-0.2, 0) is 22.7 Å². The second kappa shape index (κ2) is 11.9. The van der Waals surface area contributed by atoms with E-state index in [0.29, 0.717) is 5.69 Å². The summed E-state index contributed by atoms with van der Waals surface area (Å²) in [7, 11) is 0. The highest BCUT2D eigenvalue weighted by Crippen LogP contribution is 2.20. The van der Waals surface area contributed by atoms with Crippen molar-refractivity contribution in [3.63, 3.8) is 0 Å². The molecule has 1 aliphatic heterocycles. The molecule has 4 rings (SSSR count). The summed E-state index contributed by atoms with van der Waals surface area (Å²) in [6.45, 7) is 4.95. The van der Waals surface area contributed by atoms with Gasteiger partial charge in [0.2, 0.25) is 5.91 Å². The van der Waals surface area contributed by atoms with E-state index in [1.165, 1.54) is 5.56 Å². The topological polar surface area (TPSA) is 73.9 Å². The SMILES string of the molecule is O=C(CNC(=O)OCc1ccccc1)Nc1ccc(N2CCN(Cc3ccccc3)CC2)cc1. The highest BCUT2D eigenvalue weighted by molar-refractivity contribution is 5.94. The first-order chi connectivity index (χ1) is 16.7. The maximum absolute atomic E-state index is 12.2. The number of nitrogens with zero attached hydrogens (tertiary/aromatic N) is 2. The molecule has 0 aromatic heterocycles. The fraction of sp³-hybridized carbons (Fsp3) is 0.259. The fourth-order valence-corrected chi connectivity index (χ4v) is 3.89. The lowest BCUT2D eigenvalue weighted by Crippen LogP contribution is -2.45. The van der Waals surface area contributed by atoms with E-state index in [1.807, 2.05) is 60.7 Å². The molecule has 3 aromatic rings. The highest BCUT2D eigenvalue weighted by atomic mass is 16.5. The van der Waals surface area contributed by atoms with E-state index < -0.39 is 6.09 Å². The van der Waals surface area contributed by atoms with E-state index >= 15 is 0 Å². The zero-order chi connectivity index (χ0) is 23.6. The number of carbonyl (C=O) groups is 2. The van der Waals surface area contributed by atoms with Crippen molar-refractivity contribution in [1.82, 2.24) is 10.2 Å². The monoisotopic (exact) mass is 458 g/mol. The Balaban J connectivity index is 1.16. The van der Waals surface area contributed by atoms with Gasteiger partial charge in [-0.3, -0.25) is 9.69 Å². The van der Waals surface area contributed by atoms with Crippen molar-refractivity contribution in [3.8, 4) is 0 Å². The largest absolute Gasteiger partial charge is 0.445 e. The normalized spacial score (nSPS) is 13.8. The third-order valence-electron chi connectivity index (χ3n) is 5.74. The minimum absolute atomic E-state index is 0.154. The van der Waals surface area contributed by atoms with Crippen LogP contribution in [0.2, 0.25) is 0 Å². The predicted molar refractivity (Wildman–Crippen MR) is 134 cm³/mol. The number of alkyl carbamates (subject to hydrolysis) is 1. The first-order valence-electron chi connectivity index (χ1n) is 11.5. The van der Waals surface area contributed by atoms with Crippen molar-refractivity contribution in [2.24, 2.45) is 0 Å². The average Bonchev–Trinajstić information content (AvgIpc) is 2.88. The van der Waals surface area contributed by atoms with Gasteiger partial charge in [0.25, 0.3) is 0 Å². The molecule has 0 saturated carbocycles. The van der Waals surface area contributed by atoms with Gasteiger partial charge in [0.1, 0.15) is 13.2 Å². The zero-order valence-electron chi connectivity index (χ0n) is 19.2. The van der Waals surface area contributed by atoms with E-state index in [2.05, 4.69) is 44.7 Å². The summed E-state index contributed by atoms with van der Waals surface area (Å²) in [6.07, 6.45) is -0.624. The standard InChI is InChI=1S/C27H30N4O3/c32-26(19-28-27(33)34-21-23-9-5-2-6-10-23)29-24-11-13-25(14-12-24)31-17-15-30(16-18-31)20-22-7-3-1-4-8-22/h1-14H,15-21H2,(H,28,33)(H,29,32). The van der Waals surface area contributed by atoms with Crippen LogP contribution in [0.15, 0.2) is 84.9 Å². The summed E-state index contributed by atoms with van der Waals surface area (Å²) in [4.78, 5) is 28.8. The van der Waals surface area contributed by atoms with Gasteiger partial charge in [-0.15, -0.1) is 0 Å². The molecule has 7 nitrogen and oxygen atoms in total. The van der Waals surface area contributed by atoms with Crippen molar-refractivity contribution < 1.29 is 14.3 Å². The van der Waals surface area contributed by atoms with Crippen molar-refractivity contribution in [2.45, 2.75) is 13.2 Å². The fourth-order valence-electron chi connectivity index (χ4n) is 3.89. The predicted octanol–water partition coefficient (Wildman–Crippen LogP) is 3.87. The van der Waals surface area contributed by atoms with Gasteiger partial charge in [-0.05, 0) is 35.4 Å². The maximum Gasteiger partial charge on any atom is 0.407 e. The van der Waals surface area contributed by atoms with Gasteiger partial charge in [-0.25, -0.2) is 4.79 Å². The molecule has 7 heteroatoms. The van der Waals surface area contributed by atoms with Crippen LogP contribution < -0.4 is 15.5 Å². The minimum Gasteiger partial charge on any atom is -0.445 e. The van der Waals surface area contributed by atoms with Crippen LogP contribution in [-0.4, -0.2) is 49.6 Å². The number of amides is 2. The zero-order valence-corrected chi connectivity index (χ0v) is 19.2. The molecule has 0 radical (unpaired) electrons. The highest BCUT2D eigenvalue weighted by Gasteiger charge is 2.17. The molecule has 1 fully saturated rings. The molecule has 1 heterocycles. The summed E-state index contributed by atoms with van der Waals surface area (Å²) in [6, 6.07) is 27.7. The number of rotatable bonds is 8. The van der Waals surface area contributed by atoms with Crippen LogP contribution in [0.1, 0.15) is 11.1 Å². The molecule has 2 N–H and O–H groups in total. The van der Waals surface area contributed by atoms with E-state index in [4.69, 9.17) is 4.74 Å². The molecule has 3 aromatic carbocycles. The Morgan fingerprint density at radius 2 is 1.38 bits per heavy atom. The van der Waals surface area contributed by atoms with Gasteiger partial charge in [0.15, 0.2) is 0 Å². The summed E-state index contributed by atoms with van der Waals surface area (Å²) in [5.74, 6) is -0.307. The molecule has 2 amide bonds. The van der Waals surface area contributed by atoms with Gasteiger partial charge in [-0.1, -0.05) is 60.7 Å². The summed E-state index contributed by atoms with van der Waals surface area (Å²) >= 11 is 0. The molecule has 0 aliphatic carbocycles. The Morgan fingerprint density at radius 1 is 0.765 bits per heavy atom. The number of hydrogen-bond donors (Lipinski definition) is 2. The lowest BCUT2D eigenvalue weighted by Gasteiger charge is -2.36. The second-order valence-corrected chi connectivity index (χ2v) is 8.26. The number of anilines is 2. The Morgan fingerprint density at radius 3 is 2.03 bits per heavy atom. The van der Waals surface area contributed by atoms with Crippen molar-refractivity contribution in [3.05, 3.63) is 96.1 Å². The molecule has 0 atom stereocenters. The molecule has 0 spiro atoms. The smallest absolute Gasteiger partial charge is 0.407 e. The van der Waals surface area contributed by atoms with Crippen LogP contribution in [0.5, 0.6) is 0 Å². The molecule has 1 saturated heterocycles. The van der Waals surface area contributed by atoms with Crippen LogP contribution in [0, 0.1) is 0 Å². The third-order valence-corrected chi connectivity index (χ3v) is 5.74. The van der Waals surface area contributed by atoms with E-state index in [9.17, 15) is 9.59 Å². The summed E-state index contributed by atoms with van der Waals surface area (Å²) < 4.78 is 5.11. The van der Waals surface area contributed by atoms with Crippen molar-refractivity contribution in [2.75, 3.05) is 42.9 Å². The first-order valence-corrected chi connectivity index (χ1v) is 11.5. The molecule has 176 valence electrons. The third kappa shape index (κ3) is 7.08. The van der Waals surface area contributed by atoms with Crippen LogP contribution in [0.4, 0.5) is 16.2 Å². The summed E-state index contributed by atoms with van der Waals surface area (Å²) in [5, 5.41) is 5.27. The number of nitrogens with one attached hydrogen (secondary N) is 2. The lowest BCUT2D eigenvalue weighted by molar-refractivity contribution is -0.115. The maximum atomic E-state index is 12.2. The van der Waals surface area contributed by atoms with Crippen LogP contribution in [0.25, 0.3) is 0 Å². The molecule has 34 heavy (non-hydrogen) atoms. The average molecular weight is 459 g/mol. The van der Waals surface area contributed by atoms with E-state index in [0.717, 1.165) is 44.0 Å². The van der Waals surface area contributed by atoms with Crippen molar-refractivity contribution in [1.29, 1.82) is 0 Å². The molecule has 0 bridgehead atoms. The lowest BCUT2D eigenvalue weighted by atomic mass is 10.2. The second-order valence-electron chi connectivity index (χ2n) is 8.26. The number of benzene rings is 3. The minimum atomic E-state index is -0.624. The quantitative estimate of drug-likeness (QED) is 0.536. The van der Waals surface area contributed by atoms with Gasteiger partial charge >= 0.3 is 6.09 Å². The van der Waals surface area contributed by atoms with Crippen LogP contribution >= 0.6 is 0 Å². The number of piperazine rings is 1. The summed E-state index contributed by atoms with van der Waals surface area (Å²) in [5.41, 5.74) is 4.06. The Kier molecular flexibility index (Phi) is 8.13. The van der Waals surface area contributed by atoms with Crippen LogP contribution in [0.3, 0.4) is 0 Å². The molecule has 1 aliphatic rings. The Bertz CT molecular complexity index is 1050. The van der Waals surface area contributed by atoms with Gasteiger partial charge in [0.05, 0.1) is 0 Å². The number of hydrogen-bond acceptors (Lipinski definition) is 5. The van der Waals surface area contributed by atoms with Crippen molar-refractivity contribution >= 4 is 23.4 Å². The Hall–Kier alpha value is -3.84. The van der Waals surface area contributed by atoms with Gasteiger partial charge in [-0.2, -0.15) is 0 Å². The first kappa shape index (κ1) is 23.3. The Labute approximate surface area is 200 Å². The van der Waals surface area contributed by atoms with E-state index in [1.54, 1.807) is 0 Å². The van der Waals surface area contributed by atoms with E-state index in [-0.39, 0.29) is 19.1 Å². The molecular formula is C27H30N4O3. The molecule has 0 unspecified atom stereocenters. The van der Waals surface area contributed by atoms with Gasteiger partial charge in [0, 0.05) is 44.1 Å². The molecular weight excluding hydrogens is 428 g/mol. The number of ether oxygens (including phenoxy) is 1. The van der Waals surface area contributed by atoms with Gasteiger partial charge < -0.3 is 20.3 Å².